The SMILES string of the molecule is CCOC(=O)c1cccc(NC(=O)CCCN2c3cccc4cccc(c34)S2(=O)=O)c1C. The molecule has 0 saturated heterocycles. The van der Waals surface area contributed by atoms with E-state index in [2.05, 4.69) is 5.32 Å². The molecule has 1 aliphatic heterocycles. The number of carbonyl (C=O) groups is 2. The number of anilines is 2. The maximum absolute atomic E-state index is 13.0. The molecule has 0 aliphatic carbocycles. The van der Waals surface area contributed by atoms with Gasteiger partial charge in [-0.05, 0) is 55.5 Å². The van der Waals surface area contributed by atoms with Crippen LogP contribution in [0.25, 0.3) is 10.8 Å². The monoisotopic (exact) mass is 452 g/mol. The van der Waals surface area contributed by atoms with Gasteiger partial charge < -0.3 is 10.1 Å². The van der Waals surface area contributed by atoms with Crippen LogP contribution in [0.3, 0.4) is 0 Å². The van der Waals surface area contributed by atoms with Crippen LogP contribution in [0.1, 0.15) is 35.7 Å². The van der Waals surface area contributed by atoms with E-state index in [1.54, 1.807) is 50.2 Å². The van der Waals surface area contributed by atoms with Gasteiger partial charge in [0.25, 0.3) is 10.0 Å². The van der Waals surface area contributed by atoms with Crippen LogP contribution in [0.15, 0.2) is 59.5 Å². The fraction of sp³-hybridized carbons (Fsp3) is 0.250. The first-order chi connectivity index (χ1) is 15.3. The molecule has 8 heteroatoms. The van der Waals surface area contributed by atoms with Crippen molar-refractivity contribution in [2.75, 3.05) is 22.8 Å². The Morgan fingerprint density at radius 1 is 1.03 bits per heavy atom. The zero-order valence-electron chi connectivity index (χ0n) is 17.9. The van der Waals surface area contributed by atoms with E-state index in [0.717, 1.165) is 10.8 Å². The van der Waals surface area contributed by atoms with Crippen LogP contribution in [0.5, 0.6) is 0 Å². The molecule has 0 atom stereocenters. The van der Waals surface area contributed by atoms with E-state index in [1.807, 2.05) is 18.2 Å². The summed E-state index contributed by atoms with van der Waals surface area (Å²) in [4.78, 5) is 24.9. The average molecular weight is 453 g/mol. The summed E-state index contributed by atoms with van der Waals surface area (Å²) in [7, 11) is -3.63. The molecule has 3 aromatic carbocycles. The van der Waals surface area contributed by atoms with Crippen molar-refractivity contribution in [3.8, 4) is 0 Å². The molecule has 1 heterocycles. The van der Waals surface area contributed by atoms with Crippen LogP contribution < -0.4 is 9.62 Å². The molecule has 0 saturated carbocycles. The number of sulfonamides is 1. The molecule has 1 amide bonds. The van der Waals surface area contributed by atoms with Gasteiger partial charge in [-0.25, -0.2) is 13.2 Å². The summed E-state index contributed by atoms with van der Waals surface area (Å²) in [6, 6.07) is 15.8. The molecule has 0 spiro atoms. The number of amides is 1. The summed E-state index contributed by atoms with van der Waals surface area (Å²) in [6.45, 7) is 3.95. The Kier molecular flexibility index (Phi) is 5.88. The van der Waals surface area contributed by atoms with Crippen molar-refractivity contribution in [2.24, 2.45) is 0 Å². The molecule has 0 aromatic heterocycles. The van der Waals surface area contributed by atoms with Crippen molar-refractivity contribution in [1.82, 2.24) is 0 Å². The smallest absolute Gasteiger partial charge is 0.338 e. The van der Waals surface area contributed by atoms with Gasteiger partial charge in [0.2, 0.25) is 5.91 Å². The van der Waals surface area contributed by atoms with E-state index in [9.17, 15) is 18.0 Å². The van der Waals surface area contributed by atoms with Crippen LogP contribution in [-0.4, -0.2) is 33.4 Å². The highest BCUT2D eigenvalue weighted by atomic mass is 32.2. The van der Waals surface area contributed by atoms with Gasteiger partial charge in [0.1, 0.15) is 0 Å². The number of nitrogens with zero attached hydrogens (tertiary/aromatic N) is 1. The molecular formula is C24H24N2O5S. The Balaban J connectivity index is 1.43. The summed E-state index contributed by atoms with van der Waals surface area (Å²) in [5, 5.41) is 4.42. The van der Waals surface area contributed by atoms with Gasteiger partial charge in [-0.3, -0.25) is 9.10 Å². The zero-order chi connectivity index (χ0) is 22.9. The Morgan fingerprint density at radius 3 is 2.50 bits per heavy atom. The second-order valence-corrected chi connectivity index (χ2v) is 9.39. The van der Waals surface area contributed by atoms with Gasteiger partial charge in [0.05, 0.1) is 22.8 Å². The highest BCUT2D eigenvalue weighted by Crippen LogP contribution is 2.41. The van der Waals surface area contributed by atoms with Gasteiger partial charge in [-0.15, -0.1) is 0 Å². The highest BCUT2D eigenvalue weighted by molar-refractivity contribution is 7.93. The maximum Gasteiger partial charge on any atom is 0.338 e. The number of ether oxygens (including phenoxy) is 1. The molecular weight excluding hydrogens is 428 g/mol. The lowest BCUT2D eigenvalue weighted by molar-refractivity contribution is -0.116. The van der Waals surface area contributed by atoms with Gasteiger partial charge in [-0.2, -0.15) is 0 Å². The molecule has 166 valence electrons. The fourth-order valence-electron chi connectivity index (χ4n) is 4.00. The molecule has 0 bridgehead atoms. The molecule has 7 nitrogen and oxygen atoms in total. The largest absolute Gasteiger partial charge is 0.462 e. The third-order valence-corrected chi connectivity index (χ3v) is 7.41. The van der Waals surface area contributed by atoms with Crippen LogP contribution in [0, 0.1) is 6.92 Å². The summed E-state index contributed by atoms with van der Waals surface area (Å²) in [5.41, 5.74) is 2.21. The van der Waals surface area contributed by atoms with Crippen molar-refractivity contribution >= 4 is 44.0 Å². The first kappa shape index (κ1) is 21.8. The first-order valence-electron chi connectivity index (χ1n) is 10.5. The number of hydrogen-bond donors (Lipinski definition) is 1. The first-order valence-corrected chi connectivity index (χ1v) is 11.9. The molecule has 32 heavy (non-hydrogen) atoms. The van der Waals surface area contributed by atoms with Crippen LogP contribution >= 0.6 is 0 Å². The van der Waals surface area contributed by atoms with E-state index in [4.69, 9.17) is 4.74 Å². The quantitative estimate of drug-likeness (QED) is 0.541. The molecule has 0 radical (unpaired) electrons. The topological polar surface area (TPSA) is 92.8 Å². The van der Waals surface area contributed by atoms with E-state index >= 15 is 0 Å². The Bertz CT molecular complexity index is 1310. The fourth-order valence-corrected chi connectivity index (χ4v) is 5.74. The van der Waals surface area contributed by atoms with Gasteiger partial charge >= 0.3 is 5.97 Å². The minimum atomic E-state index is -3.63. The Hall–Kier alpha value is -3.39. The molecule has 1 N–H and O–H groups in total. The third kappa shape index (κ3) is 3.82. The summed E-state index contributed by atoms with van der Waals surface area (Å²) in [5.74, 6) is -0.685. The second kappa shape index (κ2) is 8.63. The molecule has 4 rings (SSSR count). The molecule has 0 unspecified atom stereocenters. The van der Waals surface area contributed by atoms with Crippen molar-refractivity contribution in [2.45, 2.75) is 31.6 Å². The number of esters is 1. The number of nitrogens with one attached hydrogen (secondary N) is 1. The van der Waals surface area contributed by atoms with Crippen LogP contribution in [0.4, 0.5) is 11.4 Å². The lowest BCUT2D eigenvalue weighted by Crippen LogP contribution is -2.29. The standard InChI is InChI=1S/C24H24N2O5S/c1-3-31-24(28)18-10-6-11-19(16(18)2)25-22(27)14-7-15-26-20-12-4-8-17-9-5-13-21(23(17)20)32(26,29)30/h4-6,8-13H,3,7,14-15H2,1-2H3,(H,25,27). The van der Waals surface area contributed by atoms with Crippen molar-refractivity contribution < 1.29 is 22.7 Å². The maximum atomic E-state index is 13.0. The predicted molar refractivity (Wildman–Crippen MR) is 123 cm³/mol. The summed E-state index contributed by atoms with van der Waals surface area (Å²) < 4.78 is 32.5. The second-order valence-electron chi connectivity index (χ2n) is 7.56. The Labute approximate surface area is 187 Å². The van der Waals surface area contributed by atoms with Gasteiger partial charge in [0.15, 0.2) is 0 Å². The average Bonchev–Trinajstić information content (AvgIpc) is 2.98. The van der Waals surface area contributed by atoms with Gasteiger partial charge in [-0.1, -0.05) is 30.3 Å². The number of benzene rings is 3. The van der Waals surface area contributed by atoms with Crippen LogP contribution in [-0.2, 0) is 19.6 Å². The highest BCUT2D eigenvalue weighted by Gasteiger charge is 2.35. The molecule has 3 aromatic rings. The number of hydrogen-bond acceptors (Lipinski definition) is 5. The predicted octanol–water partition coefficient (Wildman–Crippen LogP) is 4.25. The third-order valence-electron chi connectivity index (χ3n) is 5.55. The summed E-state index contributed by atoms with van der Waals surface area (Å²) >= 11 is 0. The molecule has 0 fully saturated rings. The van der Waals surface area contributed by atoms with Crippen LogP contribution in [0.2, 0.25) is 0 Å². The zero-order valence-corrected chi connectivity index (χ0v) is 18.7. The number of rotatable bonds is 7. The minimum Gasteiger partial charge on any atom is -0.462 e. The van der Waals surface area contributed by atoms with Crippen molar-refractivity contribution in [3.05, 3.63) is 65.7 Å². The minimum absolute atomic E-state index is 0.140. The van der Waals surface area contributed by atoms with Gasteiger partial charge in [0, 0.05) is 24.0 Å². The van der Waals surface area contributed by atoms with E-state index < -0.39 is 16.0 Å². The van der Waals surface area contributed by atoms with Crippen molar-refractivity contribution in [1.29, 1.82) is 0 Å². The molecule has 1 aliphatic rings. The lowest BCUT2D eigenvalue weighted by atomic mass is 10.1. The lowest BCUT2D eigenvalue weighted by Gasteiger charge is -2.18. The Morgan fingerprint density at radius 2 is 1.75 bits per heavy atom. The van der Waals surface area contributed by atoms with E-state index in [-0.39, 0.29) is 25.5 Å². The summed E-state index contributed by atoms with van der Waals surface area (Å²) in [6.07, 6.45) is 0.494. The van der Waals surface area contributed by atoms with E-state index in [0.29, 0.717) is 33.8 Å². The number of carbonyl (C=O) groups excluding carboxylic acids is 2. The normalized spacial score (nSPS) is 13.9. The van der Waals surface area contributed by atoms with Crippen molar-refractivity contribution in [3.63, 3.8) is 0 Å². The van der Waals surface area contributed by atoms with E-state index in [1.165, 1.54) is 4.31 Å².